The number of aromatic nitrogens is 4. The standard InChI is InChI=1S/C13H14BrN5O2/c14-11-10-12(15)16-6-17-13(10)19(18-11)8-3-1-7(2-4-8)5-9(20)21/h5-6,8H,1-4H2,(H,20,21)(H2,15,16,17). The minimum absolute atomic E-state index is 0.194. The molecule has 0 atom stereocenters. The minimum Gasteiger partial charge on any atom is -0.478 e. The van der Waals surface area contributed by atoms with E-state index in [1.165, 1.54) is 12.4 Å². The van der Waals surface area contributed by atoms with Gasteiger partial charge in [-0.15, -0.1) is 0 Å². The Morgan fingerprint density at radius 2 is 2.14 bits per heavy atom. The van der Waals surface area contributed by atoms with Crippen LogP contribution in [-0.2, 0) is 4.79 Å². The van der Waals surface area contributed by atoms with Crippen LogP contribution in [0.1, 0.15) is 31.7 Å². The van der Waals surface area contributed by atoms with Gasteiger partial charge in [0.15, 0.2) is 5.65 Å². The SMILES string of the molecule is Nc1ncnc2c1c(Br)nn2C1CCC(=CC(=O)O)CC1. The van der Waals surface area contributed by atoms with Crippen molar-refractivity contribution in [3.05, 3.63) is 22.6 Å². The second-order valence-corrected chi connectivity index (χ2v) is 5.82. The molecule has 1 saturated carbocycles. The van der Waals surface area contributed by atoms with E-state index in [9.17, 15) is 4.79 Å². The lowest BCUT2D eigenvalue weighted by Crippen LogP contribution is -2.16. The maximum absolute atomic E-state index is 10.7. The number of anilines is 1. The number of allylic oxidation sites excluding steroid dienone is 1. The molecule has 0 radical (unpaired) electrons. The molecule has 1 aliphatic carbocycles. The van der Waals surface area contributed by atoms with Crippen molar-refractivity contribution < 1.29 is 9.90 Å². The summed E-state index contributed by atoms with van der Waals surface area (Å²) < 4.78 is 2.51. The number of rotatable bonds is 2. The average molecular weight is 352 g/mol. The van der Waals surface area contributed by atoms with E-state index in [2.05, 4.69) is 31.0 Å². The van der Waals surface area contributed by atoms with Crippen molar-refractivity contribution in [2.24, 2.45) is 0 Å². The molecule has 1 aliphatic rings. The Bertz CT molecular complexity index is 729. The predicted molar refractivity (Wildman–Crippen MR) is 80.7 cm³/mol. The lowest BCUT2D eigenvalue weighted by molar-refractivity contribution is -0.131. The van der Waals surface area contributed by atoms with Crippen LogP contribution in [0.25, 0.3) is 11.0 Å². The highest BCUT2D eigenvalue weighted by atomic mass is 79.9. The summed E-state index contributed by atoms with van der Waals surface area (Å²) in [5, 5.41) is 14.0. The van der Waals surface area contributed by atoms with E-state index in [4.69, 9.17) is 10.8 Å². The molecular weight excluding hydrogens is 338 g/mol. The zero-order chi connectivity index (χ0) is 15.0. The fraction of sp³-hybridized carbons (Fsp3) is 0.385. The topological polar surface area (TPSA) is 107 Å². The van der Waals surface area contributed by atoms with Gasteiger partial charge in [-0.2, -0.15) is 5.10 Å². The summed E-state index contributed by atoms with van der Waals surface area (Å²) in [7, 11) is 0. The van der Waals surface area contributed by atoms with Crippen LogP contribution in [0.3, 0.4) is 0 Å². The van der Waals surface area contributed by atoms with E-state index in [0.717, 1.165) is 36.6 Å². The normalized spacial score (nSPS) is 18.9. The van der Waals surface area contributed by atoms with Crippen molar-refractivity contribution in [3.63, 3.8) is 0 Å². The molecule has 2 aromatic heterocycles. The fourth-order valence-electron chi connectivity index (χ4n) is 2.74. The Labute approximate surface area is 129 Å². The molecule has 2 aromatic rings. The molecule has 21 heavy (non-hydrogen) atoms. The second-order valence-electron chi connectivity index (χ2n) is 5.06. The predicted octanol–water partition coefficient (Wildman–Crippen LogP) is 2.30. The summed E-state index contributed by atoms with van der Waals surface area (Å²) in [5.41, 5.74) is 7.56. The number of fused-ring (bicyclic) bond motifs is 1. The number of carboxylic acids is 1. The zero-order valence-corrected chi connectivity index (χ0v) is 12.7. The molecular formula is C13H14BrN5O2. The van der Waals surface area contributed by atoms with Crippen LogP contribution in [0.15, 0.2) is 22.6 Å². The Morgan fingerprint density at radius 3 is 2.81 bits per heavy atom. The first-order valence-corrected chi connectivity index (χ1v) is 7.42. The minimum atomic E-state index is -0.878. The van der Waals surface area contributed by atoms with Crippen LogP contribution in [0, 0.1) is 0 Å². The number of carbonyl (C=O) groups is 1. The van der Waals surface area contributed by atoms with Gasteiger partial charge in [0.05, 0.1) is 11.4 Å². The third-order valence-electron chi connectivity index (χ3n) is 3.75. The van der Waals surface area contributed by atoms with E-state index < -0.39 is 5.97 Å². The first kappa shape index (κ1) is 14.0. The summed E-state index contributed by atoms with van der Waals surface area (Å²) in [6.45, 7) is 0. The van der Waals surface area contributed by atoms with Gasteiger partial charge in [-0.05, 0) is 41.6 Å². The Kier molecular flexibility index (Phi) is 3.62. The van der Waals surface area contributed by atoms with Gasteiger partial charge in [0, 0.05) is 6.08 Å². The molecule has 3 N–H and O–H groups in total. The van der Waals surface area contributed by atoms with Gasteiger partial charge in [0.1, 0.15) is 16.7 Å². The number of aliphatic carboxylic acids is 1. The van der Waals surface area contributed by atoms with Gasteiger partial charge in [0.2, 0.25) is 0 Å². The van der Waals surface area contributed by atoms with Crippen LogP contribution in [0.2, 0.25) is 0 Å². The quantitative estimate of drug-likeness (QED) is 0.803. The van der Waals surface area contributed by atoms with Crippen molar-refractivity contribution in [1.29, 1.82) is 0 Å². The maximum Gasteiger partial charge on any atom is 0.328 e. The summed E-state index contributed by atoms with van der Waals surface area (Å²) in [6, 6.07) is 0.194. The molecule has 0 amide bonds. The zero-order valence-electron chi connectivity index (χ0n) is 11.2. The molecule has 0 bridgehead atoms. The van der Waals surface area contributed by atoms with Crippen molar-refractivity contribution in [2.45, 2.75) is 31.7 Å². The second kappa shape index (κ2) is 5.44. The van der Waals surface area contributed by atoms with Crippen LogP contribution >= 0.6 is 15.9 Å². The third-order valence-corrected chi connectivity index (χ3v) is 4.30. The molecule has 1 fully saturated rings. The van der Waals surface area contributed by atoms with Crippen LogP contribution in [0.5, 0.6) is 0 Å². The van der Waals surface area contributed by atoms with Crippen LogP contribution in [-0.4, -0.2) is 30.8 Å². The highest BCUT2D eigenvalue weighted by Crippen LogP contribution is 2.35. The first-order chi connectivity index (χ1) is 10.1. The van der Waals surface area contributed by atoms with Gasteiger partial charge in [0.25, 0.3) is 0 Å². The molecule has 3 rings (SSSR count). The van der Waals surface area contributed by atoms with E-state index in [1.54, 1.807) is 0 Å². The molecule has 2 heterocycles. The Morgan fingerprint density at radius 1 is 1.43 bits per heavy atom. The van der Waals surface area contributed by atoms with E-state index in [-0.39, 0.29) is 6.04 Å². The molecule has 0 spiro atoms. The molecule has 0 unspecified atom stereocenters. The van der Waals surface area contributed by atoms with Gasteiger partial charge in [-0.1, -0.05) is 5.57 Å². The number of carboxylic acid groups (broad SMARTS) is 1. The smallest absolute Gasteiger partial charge is 0.328 e. The van der Waals surface area contributed by atoms with Crippen molar-refractivity contribution in [3.8, 4) is 0 Å². The monoisotopic (exact) mass is 351 g/mol. The molecule has 7 nitrogen and oxygen atoms in total. The Balaban J connectivity index is 1.90. The Hall–Kier alpha value is -1.96. The van der Waals surface area contributed by atoms with Gasteiger partial charge < -0.3 is 10.8 Å². The number of hydrogen-bond acceptors (Lipinski definition) is 5. The lowest BCUT2D eigenvalue weighted by Gasteiger charge is -2.24. The average Bonchev–Trinajstić information content (AvgIpc) is 2.78. The van der Waals surface area contributed by atoms with Crippen molar-refractivity contribution >= 4 is 38.8 Å². The molecule has 8 heteroatoms. The highest BCUT2D eigenvalue weighted by molar-refractivity contribution is 9.10. The first-order valence-electron chi connectivity index (χ1n) is 6.63. The fourth-order valence-corrected chi connectivity index (χ4v) is 3.30. The van der Waals surface area contributed by atoms with E-state index in [0.29, 0.717) is 16.1 Å². The van der Waals surface area contributed by atoms with Gasteiger partial charge in [-0.25, -0.2) is 19.4 Å². The molecule has 0 aliphatic heterocycles. The number of hydrogen-bond donors (Lipinski definition) is 2. The largest absolute Gasteiger partial charge is 0.478 e. The number of nitrogens with two attached hydrogens (primary N) is 1. The third kappa shape index (κ3) is 2.63. The van der Waals surface area contributed by atoms with Gasteiger partial charge in [-0.3, -0.25) is 0 Å². The van der Waals surface area contributed by atoms with E-state index >= 15 is 0 Å². The summed E-state index contributed by atoms with van der Waals surface area (Å²) in [5.74, 6) is -0.475. The molecule has 110 valence electrons. The number of halogens is 1. The molecule has 0 aromatic carbocycles. The van der Waals surface area contributed by atoms with Crippen molar-refractivity contribution in [1.82, 2.24) is 19.7 Å². The number of nitrogen functional groups attached to an aromatic ring is 1. The molecule has 0 saturated heterocycles. The van der Waals surface area contributed by atoms with Crippen molar-refractivity contribution in [2.75, 3.05) is 5.73 Å². The number of nitrogens with zero attached hydrogens (tertiary/aromatic N) is 4. The lowest BCUT2D eigenvalue weighted by atomic mass is 9.90. The van der Waals surface area contributed by atoms with Crippen LogP contribution in [0.4, 0.5) is 5.82 Å². The van der Waals surface area contributed by atoms with Gasteiger partial charge >= 0.3 is 5.97 Å². The van der Waals surface area contributed by atoms with E-state index in [1.807, 2.05) is 4.68 Å². The maximum atomic E-state index is 10.7. The van der Waals surface area contributed by atoms with Crippen LogP contribution < -0.4 is 5.73 Å². The summed E-state index contributed by atoms with van der Waals surface area (Å²) in [4.78, 5) is 19.0. The summed E-state index contributed by atoms with van der Waals surface area (Å²) >= 11 is 3.40. The summed E-state index contributed by atoms with van der Waals surface area (Å²) in [6.07, 6.45) is 5.94. The highest BCUT2D eigenvalue weighted by Gasteiger charge is 2.23.